The van der Waals surface area contributed by atoms with Crippen molar-refractivity contribution in [3.05, 3.63) is 35.9 Å². The lowest BCUT2D eigenvalue weighted by atomic mass is 9.98. The average molecular weight is 398 g/mol. The van der Waals surface area contributed by atoms with E-state index in [1.807, 2.05) is 44.2 Å². The summed E-state index contributed by atoms with van der Waals surface area (Å²) in [7, 11) is -4.43. The summed E-state index contributed by atoms with van der Waals surface area (Å²) in [5.74, 6) is -1.81. The number of amides is 2. The van der Waals surface area contributed by atoms with Gasteiger partial charge in [0.05, 0.1) is 0 Å². The Hall–Kier alpha value is -1.89. The number of ether oxygens (including phenoxy) is 1. The summed E-state index contributed by atoms with van der Waals surface area (Å²) >= 11 is 0. The van der Waals surface area contributed by atoms with Gasteiger partial charge in [0.2, 0.25) is 5.91 Å². The van der Waals surface area contributed by atoms with E-state index in [4.69, 9.17) is 4.74 Å². The maximum Gasteiger partial charge on any atom is 0.408 e. The van der Waals surface area contributed by atoms with E-state index < -0.39 is 31.4 Å². The van der Waals surface area contributed by atoms with Gasteiger partial charge in [0, 0.05) is 6.54 Å². The molecule has 8 nitrogen and oxygen atoms in total. The second kappa shape index (κ2) is 9.35. The van der Waals surface area contributed by atoms with Crippen LogP contribution in [0.5, 0.6) is 0 Å². The standard InChI is InChI=1S/C18H27N2O6P/c1-3-13(2)16(17(21)20-11-7-10-15(20)27(23,24)25)19-18(22)26-12-14-8-5-4-6-9-14/h4-6,8-9,13,15-16H,3,7,10-12H2,1-2H3,(H,19,22)(H2,23,24,25)/t13-,15-,16-/m0/s1. The van der Waals surface area contributed by atoms with Crippen molar-refractivity contribution in [1.82, 2.24) is 10.2 Å². The molecule has 0 spiro atoms. The Morgan fingerprint density at radius 1 is 1.33 bits per heavy atom. The van der Waals surface area contributed by atoms with Crippen molar-refractivity contribution >= 4 is 19.6 Å². The molecule has 0 saturated carbocycles. The van der Waals surface area contributed by atoms with E-state index in [9.17, 15) is 23.9 Å². The molecule has 1 fully saturated rings. The molecule has 1 aliphatic heterocycles. The Balaban J connectivity index is 2.04. The number of rotatable bonds is 7. The van der Waals surface area contributed by atoms with E-state index in [0.29, 0.717) is 12.8 Å². The van der Waals surface area contributed by atoms with Crippen LogP contribution in [0.3, 0.4) is 0 Å². The number of likely N-dealkylation sites (tertiary alicyclic amines) is 1. The fourth-order valence-electron chi connectivity index (χ4n) is 3.11. The number of nitrogens with one attached hydrogen (secondary N) is 1. The minimum absolute atomic E-state index is 0.0723. The number of hydrogen-bond acceptors (Lipinski definition) is 4. The van der Waals surface area contributed by atoms with Crippen LogP contribution in [-0.2, 0) is 20.7 Å². The quantitative estimate of drug-likeness (QED) is 0.608. The highest BCUT2D eigenvalue weighted by molar-refractivity contribution is 7.52. The van der Waals surface area contributed by atoms with Gasteiger partial charge in [-0.1, -0.05) is 50.6 Å². The van der Waals surface area contributed by atoms with Crippen LogP contribution in [0.2, 0.25) is 0 Å². The number of alkyl carbamates (subject to hydrolysis) is 1. The Bertz CT molecular complexity index is 692. The van der Waals surface area contributed by atoms with Crippen molar-refractivity contribution in [3.63, 3.8) is 0 Å². The maximum absolute atomic E-state index is 12.9. The van der Waals surface area contributed by atoms with Crippen molar-refractivity contribution in [2.24, 2.45) is 5.92 Å². The van der Waals surface area contributed by atoms with Crippen molar-refractivity contribution in [2.45, 2.75) is 51.5 Å². The Morgan fingerprint density at radius 2 is 2.00 bits per heavy atom. The van der Waals surface area contributed by atoms with Crippen LogP contribution in [0.15, 0.2) is 30.3 Å². The van der Waals surface area contributed by atoms with Gasteiger partial charge in [-0.2, -0.15) is 0 Å². The van der Waals surface area contributed by atoms with Gasteiger partial charge in [0.1, 0.15) is 18.4 Å². The minimum Gasteiger partial charge on any atom is -0.445 e. The molecule has 3 atom stereocenters. The first-order chi connectivity index (χ1) is 12.7. The van der Waals surface area contributed by atoms with Crippen molar-refractivity contribution in [1.29, 1.82) is 0 Å². The van der Waals surface area contributed by atoms with Gasteiger partial charge < -0.3 is 24.7 Å². The third-order valence-corrected chi connectivity index (χ3v) is 6.17. The molecule has 27 heavy (non-hydrogen) atoms. The maximum atomic E-state index is 12.9. The van der Waals surface area contributed by atoms with E-state index in [2.05, 4.69) is 5.32 Å². The summed E-state index contributed by atoms with van der Waals surface area (Å²) in [5, 5.41) is 2.58. The highest BCUT2D eigenvalue weighted by atomic mass is 31.2. The number of carbonyl (C=O) groups is 2. The molecule has 0 aromatic heterocycles. The molecule has 0 aliphatic carbocycles. The zero-order valence-corrected chi connectivity index (χ0v) is 16.5. The molecule has 1 aromatic carbocycles. The molecule has 0 unspecified atom stereocenters. The largest absolute Gasteiger partial charge is 0.445 e. The van der Waals surface area contributed by atoms with Gasteiger partial charge in [-0.05, 0) is 24.3 Å². The van der Waals surface area contributed by atoms with Crippen LogP contribution in [0.25, 0.3) is 0 Å². The monoisotopic (exact) mass is 398 g/mol. The summed E-state index contributed by atoms with van der Waals surface area (Å²) in [6, 6.07) is 8.26. The smallest absolute Gasteiger partial charge is 0.408 e. The summed E-state index contributed by atoms with van der Waals surface area (Å²) in [4.78, 5) is 45.3. The topological polar surface area (TPSA) is 116 Å². The molecule has 0 radical (unpaired) electrons. The lowest BCUT2D eigenvalue weighted by Crippen LogP contribution is -2.52. The predicted molar refractivity (Wildman–Crippen MR) is 99.8 cm³/mol. The van der Waals surface area contributed by atoms with E-state index in [1.165, 1.54) is 4.90 Å². The molecule has 3 N–H and O–H groups in total. The van der Waals surface area contributed by atoms with Gasteiger partial charge in [-0.25, -0.2) is 4.79 Å². The molecular formula is C18H27N2O6P. The lowest BCUT2D eigenvalue weighted by molar-refractivity contribution is -0.134. The van der Waals surface area contributed by atoms with Crippen LogP contribution in [0.1, 0.15) is 38.7 Å². The molecular weight excluding hydrogens is 371 g/mol. The van der Waals surface area contributed by atoms with Gasteiger partial charge >= 0.3 is 13.7 Å². The zero-order valence-electron chi connectivity index (χ0n) is 15.6. The molecule has 1 saturated heterocycles. The third kappa shape index (κ3) is 5.79. The Kier molecular flexibility index (Phi) is 7.41. The fraction of sp³-hybridized carbons (Fsp3) is 0.556. The van der Waals surface area contributed by atoms with Crippen molar-refractivity contribution < 1.29 is 28.7 Å². The van der Waals surface area contributed by atoms with E-state index >= 15 is 0 Å². The second-order valence-corrected chi connectivity index (χ2v) is 8.59. The molecule has 1 heterocycles. The molecule has 0 bridgehead atoms. The molecule has 2 amide bonds. The van der Waals surface area contributed by atoms with Crippen LogP contribution < -0.4 is 5.32 Å². The van der Waals surface area contributed by atoms with Crippen molar-refractivity contribution in [3.8, 4) is 0 Å². The van der Waals surface area contributed by atoms with Crippen LogP contribution in [0, 0.1) is 5.92 Å². The first-order valence-corrected chi connectivity index (χ1v) is 10.7. The number of carbonyl (C=O) groups excluding carboxylic acids is 2. The van der Waals surface area contributed by atoms with Crippen LogP contribution >= 0.6 is 7.60 Å². The van der Waals surface area contributed by atoms with Gasteiger partial charge in [0.25, 0.3) is 0 Å². The minimum atomic E-state index is -4.43. The first-order valence-electron chi connectivity index (χ1n) is 9.07. The number of nitrogens with zero attached hydrogens (tertiary/aromatic N) is 1. The molecule has 9 heteroatoms. The molecule has 1 aromatic rings. The number of benzene rings is 1. The fourth-order valence-corrected chi connectivity index (χ4v) is 4.22. The molecule has 1 aliphatic rings. The first kappa shape index (κ1) is 21.4. The van der Waals surface area contributed by atoms with Gasteiger partial charge in [0.15, 0.2) is 0 Å². The van der Waals surface area contributed by atoms with Crippen molar-refractivity contribution in [2.75, 3.05) is 6.54 Å². The predicted octanol–water partition coefficient (Wildman–Crippen LogP) is 2.45. The van der Waals surface area contributed by atoms with E-state index in [0.717, 1.165) is 5.56 Å². The molecule has 2 rings (SSSR count). The summed E-state index contributed by atoms with van der Waals surface area (Å²) in [5.41, 5.74) is 0.820. The normalized spacial score (nSPS) is 19.4. The number of hydrogen-bond donors (Lipinski definition) is 3. The lowest BCUT2D eigenvalue weighted by Gasteiger charge is -2.31. The van der Waals surface area contributed by atoms with Gasteiger partial charge in [-0.3, -0.25) is 9.36 Å². The van der Waals surface area contributed by atoms with E-state index in [-0.39, 0.29) is 25.5 Å². The van der Waals surface area contributed by atoms with Gasteiger partial charge in [-0.15, -0.1) is 0 Å². The van der Waals surface area contributed by atoms with E-state index in [1.54, 1.807) is 0 Å². The van der Waals surface area contributed by atoms with Crippen LogP contribution in [0.4, 0.5) is 4.79 Å². The highest BCUT2D eigenvalue weighted by Gasteiger charge is 2.43. The summed E-state index contributed by atoms with van der Waals surface area (Å²) < 4.78 is 16.9. The highest BCUT2D eigenvalue weighted by Crippen LogP contribution is 2.48. The molecule has 150 valence electrons. The zero-order chi connectivity index (χ0) is 20.0. The summed E-state index contributed by atoms with van der Waals surface area (Å²) in [6.07, 6.45) is 0.656. The van der Waals surface area contributed by atoms with Crippen LogP contribution in [-0.4, -0.2) is 45.1 Å². The average Bonchev–Trinajstić information content (AvgIpc) is 3.14. The second-order valence-electron chi connectivity index (χ2n) is 6.81. The third-order valence-electron chi connectivity index (χ3n) is 4.86. The Morgan fingerprint density at radius 3 is 2.59 bits per heavy atom. The Labute approximate surface area is 159 Å². The SMILES string of the molecule is CC[C@H](C)[C@H](NC(=O)OCc1ccccc1)C(=O)N1CCC[C@@H]1P(=O)(O)O. The summed E-state index contributed by atoms with van der Waals surface area (Å²) in [6.45, 7) is 4.03.